The third-order valence-electron chi connectivity index (χ3n) is 5.91. The molecule has 3 aromatic carbocycles. The number of nitrogens with zero attached hydrogens (tertiary/aromatic N) is 2. The number of hydrazone groups is 1. The molecule has 34 heavy (non-hydrogen) atoms. The van der Waals surface area contributed by atoms with Gasteiger partial charge in [-0.1, -0.05) is 74.3 Å². The van der Waals surface area contributed by atoms with Crippen molar-refractivity contribution in [3.8, 4) is 0 Å². The number of aryl methyl sites for hydroxylation is 2. The van der Waals surface area contributed by atoms with Gasteiger partial charge in [0, 0.05) is 33.9 Å². The topological polar surface area (TPSA) is 61.8 Å². The summed E-state index contributed by atoms with van der Waals surface area (Å²) in [5.41, 5.74) is 5.65. The lowest BCUT2D eigenvalue weighted by Gasteiger charge is -2.22. The number of amides is 2. The highest BCUT2D eigenvalue weighted by molar-refractivity contribution is 9.10. The SMILES string of the molecule is Cc1cccc(C)c1NC(=O)CCC(=O)N1N=C(c2ccc(Br)cc2)CC1c1ccc(Br)cc1. The summed E-state index contributed by atoms with van der Waals surface area (Å²) < 4.78 is 1.96. The zero-order valence-corrected chi connectivity index (χ0v) is 22.2. The average molecular weight is 583 g/mol. The van der Waals surface area contributed by atoms with Crippen molar-refractivity contribution < 1.29 is 9.59 Å². The number of carbonyl (C=O) groups excluding carboxylic acids is 2. The van der Waals surface area contributed by atoms with Crippen LogP contribution < -0.4 is 5.32 Å². The first-order valence-electron chi connectivity index (χ1n) is 11.1. The number of benzene rings is 3. The van der Waals surface area contributed by atoms with Crippen LogP contribution in [0.4, 0.5) is 5.69 Å². The van der Waals surface area contributed by atoms with E-state index in [1.165, 1.54) is 0 Å². The van der Waals surface area contributed by atoms with Crippen LogP contribution in [-0.4, -0.2) is 22.5 Å². The van der Waals surface area contributed by atoms with E-state index in [1.807, 2.05) is 80.6 Å². The Morgan fingerprint density at radius 1 is 0.912 bits per heavy atom. The molecular formula is C27H25Br2N3O2. The molecule has 7 heteroatoms. The van der Waals surface area contributed by atoms with Crippen molar-refractivity contribution in [3.05, 3.63) is 97.9 Å². The fraction of sp³-hybridized carbons (Fsp3) is 0.222. The molecule has 4 rings (SSSR count). The summed E-state index contributed by atoms with van der Waals surface area (Å²) in [5.74, 6) is -0.348. The lowest BCUT2D eigenvalue weighted by Crippen LogP contribution is -2.28. The fourth-order valence-electron chi connectivity index (χ4n) is 4.05. The first kappa shape index (κ1) is 24.4. The number of hydrogen-bond donors (Lipinski definition) is 1. The van der Waals surface area contributed by atoms with Crippen molar-refractivity contribution in [3.63, 3.8) is 0 Å². The quantitative estimate of drug-likeness (QED) is 0.343. The Labute approximate surface area is 216 Å². The highest BCUT2D eigenvalue weighted by Gasteiger charge is 2.33. The summed E-state index contributed by atoms with van der Waals surface area (Å²) in [4.78, 5) is 25.9. The predicted octanol–water partition coefficient (Wildman–Crippen LogP) is 6.93. The van der Waals surface area contributed by atoms with Gasteiger partial charge in [-0.05, 0) is 60.4 Å². The van der Waals surface area contributed by atoms with E-state index < -0.39 is 0 Å². The molecule has 0 spiro atoms. The van der Waals surface area contributed by atoms with Gasteiger partial charge in [-0.15, -0.1) is 0 Å². The summed E-state index contributed by atoms with van der Waals surface area (Å²) >= 11 is 6.94. The van der Waals surface area contributed by atoms with Crippen LogP contribution >= 0.6 is 31.9 Å². The normalized spacial score (nSPS) is 15.2. The van der Waals surface area contributed by atoms with Gasteiger partial charge in [0.25, 0.3) is 0 Å². The number of rotatable bonds is 6. The van der Waals surface area contributed by atoms with Crippen molar-refractivity contribution in [1.29, 1.82) is 0 Å². The van der Waals surface area contributed by atoms with Gasteiger partial charge in [0.15, 0.2) is 0 Å². The third-order valence-corrected chi connectivity index (χ3v) is 6.97. The van der Waals surface area contributed by atoms with Crippen LogP contribution in [0.15, 0.2) is 80.8 Å². The third kappa shape index (κ3) is 5.65. The Balaban J connectivity index is 1.50. The maximum Gasteiger partial charge on any atom is 0.243 e. The van der Waals surface area contributed by atoms with Gasteiger partial charge in [0.05, 0.1) is 11.8 Å². The first-order chi connectivity index (χ1) is 16.3. The monoisotopic (exact) mass is 581 g/mol. The summed E-state index contributed by atoms with van der Waals surface area (Å²) in [6.07, 6.45) is 0.795. The molecule has 174 valence electrons. The second kappa shape index (κ2) is 10.7. The minimum Gasteiger partial charge on any atom is -0.326 e. The molecule has 0 radical (unpaired) electrons. The number of para-hydroxylation sites is 1. The van der Waals surface area contributed by atoms with Crippen LogP contribution in [0, 0.1) is 13.8 Å². The highest BCUT2D eigenvalue weighted by Crippen LogP contribution is 2.34. The van der Waals surface area contributed by atoms with E-state index in [2.05, 4.69) is 37.2 Å². The summed E-state index contributed by atoms with van der Waals surface area (Å²) in [6.45, 7) is 3.92. The summed E-state index contributed by atoms with van der Waals surface area (Å²) in [7, 11) is 0. The molecule has 0 saturated carbocycles. The van der Waals surface area contributed by atoms with Crippen LogP contribution in [-0.2, 0) is 9.59 Å². The maximum absolute atomic E-state index is 13.2. The molecule has 5 nitrogen and oxygen atoms in total. The predicted molar refractivity (Wildman–Crippen MR) is 143 cm³/mol. The molecular weight excluding hydrogens is 558 g/mol. The lowest BCUT2D eigenvalue weighted by atomic mass is 9.98. The number of halogens is 2. The van der Waals surface area contributed by atoms with Gasteiger partial charge < -0.3 is 5.32 Å². The van der Waals surface area contributed by atoms with Crippen molar-refractivity contribution in [1.82, 2.24) is 5.01 Å². The second-order valence-corrected chi connectivity index (χ2v) is 10.2. The van der Waals surface area contributed by atoms with Crippen LogP contribution in [0.5, 0.6) is 0 Å². The number of hydrogen-bond acceptors (Lipinski definition) is 3. The van der Waals surface area contributed by atoms with Gasteiger partial charge >= 0.3 is 0 Å². The fourth-order valence-corrected chi connectivity index (χ4v) is 4.58. The maximum atomic E-state index is 13.2. The smallest absolute Gasteiger partial charge is 0.243 e. The molecule has 3 aromatic rings. The molecule has 0 fully saturated rings. The highest BCUT2D eigenvalue weighted by atomic mass is 79.9. The lowest BCUT2D eigenvalue weighted by molar-refractivity contribution is -0.134. The minimum atomic E-state index is -0.207. The molecule has 0 aromatic heterocycles. The van der Waals surface area contributed by atoms with E-state index in [0.717, 1.165) is 42.6 Å². The Morgan fingerprint density at radius 3 is 2.12 bits per heavy atom. The van der Waals surface area contributed by atoms with E-state index in [9.17, 15) is 9.59 Å². The number of nitrogens with one attached hydrogen (secondary N) is 1. The molecule has 1 aliphatic heterocycles. The molecule has 0 aliphatic carbocycles. The molecule has 1 unspecified atom stereocenters. The summed E-state index contributed by atoms with van der Waals surface area (Å²) in [5, 5.41) is 9.21. The largest absolute Gasteiger partial charge is 0.326 e. The second-order valence-electron chi connectivity index (χ2n) is 8.38. The molecule has 1 aliphatic rings. The minimum absolute atomic E-state index is 0.0842. The molecule has 1 atom stereocenters. The Hall–Kier alpha value is -2.77. The molecule has 0 saturated heterocycles. The van der Waals surface area contributed by atoms with Crippen LogP contribution in [0.1, 0.15) is 47.6 Å². The number of anilines is 1. The molecule has 1 heterocycles. The van der Waals surface area contributed by atoms with Crippen molar-refractivity contribution in [2.45, 2.75) is 39.2 Å². The van der Waals surface area contributed by atoms with Crippen molar-refractivity contribution >= 4 is 55.1 Å². The van der Waals surface area contributed by atoms with Crippen molar-refractivity contribution in [2.75, 3.05) is 5.32 Å². The molecule has 2 amide bonds. The van der Waals surface area contributed by atoms with Gasteiger partial charge in [-0.25, -0.2) is 5.01 Å². The standard InChI is InChI=1S/C27H25Br2N3O2/c1-17-4-3-5-18(2)27(17)30-25(33)14-15-26(34)32-24(20-8-12-22(29)13-9-20)16-23(31-32)19-6-10-21(28)11-7-19/h3-13,24H,14-16H2,1-2H3,(H,30,33). The van der Waals surface area contributed by atoms with E-state index in [0.29, 0.717) is 6.42 Å². The molecule has 0 bridgehead atoms. The van der Waals surface area contributed by atoms with E-state index >= 15 is 0 Å². The average Bonchev–Trinajstić information content (AvgIpc) is 3.26. The van der Waals surface area contributed by atoms with Gasteiger partial charge in [0.2, 0.25) is 11.8 Å². The Morgan fingerprint density at radius 2 is 1.50 bits per heavy atom. The van der Waals surface area contributed by atoms with E-state index in [4.69, 9.17) is 5.10 Å². The zero-order chi connectivity index (χ0) is 24.2. The summed E-state index contributed by atoms with van der Waals surface area (Å²) in [6, 6.07) is 21.5. The van der Waals surface area contributed by atoms with Crippen LogP contribution in [0.3, 0.4) is 0 Å². The Bertz CT molecular complexity index is 1220. The van der Waals surface area contributed by atoms with Gasteiger partial charge in [-0.3, -0.25) is 9.59 Å². The Kier molecular flexibility index (Phi) is 7.63. The van der Waals surface area contributed by atoms with Crippen LogP contribution in [0.2, 0.25) is 0 Å². The van der Waals surface area contributed by atoms with E-state index in [1.54, 1.807) is 5.01 Å². The van der Waals surface area contributed by atoms with E-state index in [-0.39, 0.29) is 30.7 Å². The zero-order valence-electron chi connectivity index (χ0n) is 19.0. The van der Waals surface area contributed by atoms with Crippen molar-refractivity contribution in [2.24, 2.45) is 5.10 Å². The number of carbonyl (C=O) groups is 2. The van der Waals surface area contributed by atoms with Gasteiger partial charge in [-0.2, -0.15) is 5.10 Å². The van der Waals surface area contributed by atoms with Crippen LogP contribution in [0.25, 0.3) is 0 Å². The van der Waals surface area contributed by atoms with Gasteiger partial charge in [0.1, 0.15) is 0 Å². The molecule has 1 N–H and O–H groups in total. The first-order valence-corrected chi connectivity index (χ1v) is 12.7.